The van der Waals surface area contributed by atoms with Gasteiger partial charge in [-0.3, -0.25) is 0 Å². The van der Waals surface area contributed by atoms with Crippen LogP contribution in [0.2, 0.25) is 0 Å². The zero-order valence-electron chi connectivity index (χ0n) is 7.58. The number of alkyl halides is 3. The van der Waals surface area contributed by atoms with Crippen molar-refractivity contribution in [1.29, 1.82) is 0 Å². The first-order valence-electron chi connectivity index (χ1n) is 4.63. The van der Waals surface area contributed by atoms with Gasteiger partial charge in [-0.25, -0.2) is 0 Å². The highest BCUT2D eigenvalue weighted by molar-refractivity contribution is 9.39. The first-order valence-corrected chi connectivity index (χ1v) is 7.01. The van der Waals surface area contributed by atoms with Crippen molar-refractivity contribution < 1.29 is 0 Å². The Morgan fingerprint density at radius 2 is 1.33 bits per heavy atom. The second-order valence-electron chi connectivity index (χ2n) is 3.13. The third-order valence-electron chi connectivity index (χ3n) is 1.81. The van der Waals surface area contributed by atoms with Crippen LogP contribution in [0.15, 0.2) is 0 Å². The summed E-state index contributed by atoms with van der Waals surface area (Å²) in [4.78, 5) is 0. The number of hydrogen-bond acceptors (Lipinski definition) is 0. The summed E-state index contributed by atoms with van der Waals surface area (Å²) in [6, 6.07) is 0. The highest BCUT2D eigenvalue weighted by Gasteiger charge is 2.15. The summed E-state index contributed by atoms with van der Waals surface area (Å²) >= 11 is 10.5. The van der Waals surface area contributed by atoms with E-state index in [0.717, 1.165) is 6.42 Å². The van der Waals surface area contributed by atoms with Crippen LogP contribution < -0.4 is 0 Å². The molecular weight excluding hydrogens is 348 g/mol. The molecule has 12 heavy (non-hydrogen) atoms. The normalized spacial score (nSPS) is 12.0. The molecule has 0 aromatic heterocycles. The van der Waals surface area contributed by atoms with E-state index in [1.54, 1.807) is 0 Å². The summed E-state index contributed by atoms with van der Waals surface area (Å²) < 4.78 is -0.0161. The molecule has 0 aromatic carbocycles. The van der Waals surface area contributed by atoms with Gasteiger partial charge in [0.2, 0.25) is 0 Å². The van der Waals surface area contributed by atoms with E-state index in [2.05, 4.69) is 54.7 Å². The van der Waals surface area contributed by atoms with Crippen molar-refractivity contribution in [1.82, 2.24) is 0 Å². The first kappa shape index (κ1) is 13.4. The lowest BCUT2D eigenvalue weighted by molar-refractivity contribution is 0.599. The molecule has 0 aliphatic carbocycles. The van der Waals surface area contributed by atoms with E-state index in [4.69, 9.17) is 0 Å². The van der Waals surface area contributed by atoms with Gasteiger partial charge in [-0.15, -0.1) is 0 Å². The van der Waals surface area contributed by atoms with Crippen molar-refractivity contribution in [2.75, 3.05) is 0 Å². The molecule has 0 rings (SSSR count). The number of halogens is 3. The maximum atomic E-state index is 3.49. The molecule has 3 heteroatoms. The van der Waals surface area contributed by atoms with E-state index in [9.17, 15) is 0 Å². The molecule has 0 aliphatic rings. The Morgan fingerprint density at radius 3 is 1.83 bits per heavy atom. The maximum absolute atomic E-state index is 3.49. The molecular formula is C9H17Br3. The monoisotopic (exact) mass is 362 g/mol. The molecule has 0 radical (unpaired) electrons. The molecule has 0 unspecified atom stereocenters. The molecule has 0 N–H and O–H groups in total. The fraction of sp³-hybridized carbons (Fsp3) is 1.00. The molecule has 0 nitrogen and oxygen atoms in total. The molecule has 0 heterocycles. The van der Waals surface area contributed by atoms with E-state index < -0.39 is 0 Å². The second kappa shape index (κ2) is 7.81. The Hall–Kier alpha value is 1.44. The molecule has 0 saturated carbocycles. The molecule has 0 amide bonds. The van der Waals surface area contributed by atoms with Gasteiger partial charge in [0.05, 0.1) is 0 Å². The summed E-state index contributed by atoms with van der Waals surface area (Å²) in [5.41, 5.74) is 0. The van der Waals surface area contributed by atoms with Gasteiger partial charge in [-0.1, -0.05) is 93.2 Å². The molecule has 0 aliphatic heterocycles. The van der Waals surface area contributed by atoms with Crippen molar-refractivity contribution >= 4 is 47.8 Å². The molecule has 0 fully saturated rings. The lowest BCUT2D eigenvalue weighted by atomic mass is 10.1. The van der Waals surface area contributed by atoms with Crippen molar-refractivity contribution in [3.8, 4) is 0 Å². The van der Waals surface area contributed by atoms with E-state index >= 15 is 0 Å². The highest BCUT2D eigenvalue weighted by Crippen LogP contribution is 2.38. The van der Waals surface area contributed by atoms with E-state index in [1.165, 1.54) is 38.5 Å². The van der Waals surface area contributed by atoms with Gasteiger partial charge in [-0.05, 0) is 6.42 Å². The van der Waals surface area contributed by atoms with Crippen LogP contribution >= 0.6 is 47.8 Å². The molecule has 0 saturated heterocycles. The van der Waals surface area contributed by atoms with Crippen LogP contribution in [0.25, 0.3) is 0 Å². The Morgan fingerprint density at radius 1 is 0.833 bits per heavy atom. The van der Waals surface area contributed by atoms with Gasteiger partial charge >= 0.3 is 0 Å². The summed E-state index contributed by atoms with van der Waals surface area (Å²) in [6.45, 7) is 2.25. The van der Waals surface area contributed by atoms with Gasteiger partial charge in [0.1, 0.15) is 2.14 Å². The summed E-state index contributed by atoms with van der Waals surface area (Å²) in [6.07, 6.45) is 9.28. The minimum atomic E-state index is -0.0161. The largest absolute Gasteiger partial charge is 0.135 e. The van der Waals surface area contributed by atoms with Gasteiger partial charge in [0, 0.05) is 0 Å². The lowest BCUT2D eigenvalue weighted by Gasteiger charge is -2.10. The van der Waals surface area contributed by atoms with Crippen LogP contribution in [0.4, 0.5) is 0 Å². The molecule has 0 aromatic rings. The minimum Gasteiger partial charge on any atom is -0.0654 e. The zero-order chi connectivity index (χ0) is 9.45. The zero-order valence-corrected chi connectivity index (χ0v) is 12.3. The molecule has 0 bridgehead atoms. The smallest absolute Gasteiger partial charge is 0.0654 e. The Labute approximate surface area is 101 Å². The fourth-order valence-corrected chi connectivity index (χ4v) is 1.95. The number of unbranched alkanes of at least 4 members (excludes halogenated alkanes) is 5. The van der Waals surface area contributed by atoms with Crippen LogP contribution in [0.5, 0.6) is 0 Å². The standard InChI is InChI=1S/C9H17Br3/c1-2-3-4-5-6-7-8-9(10,11)12/h2-8H2,1H3. The molecule has 74 valence electrons. The SMILES string of the molecule is CCCCCCCCC(Br)(Br)Br. The third kappa shape index (κ3) is 11.4. The van der Waals surface area contributed by atoms with E-state index in [1.807, 2.05) is 0 Å². The first-order chi connectivity index (χ1) is 5.56. The van der Waals surface area contributed by atoms with Crippen molar-refractivity contribution in [3.05, 3.63) is 0 Å². The topological polar surface area (TPSA) is 0 Å². The van der Waals surface area contributed by atoms with Crippen LogP contribution in [-0.4, -0.2) is 2.14 Å². The van der Waals surface area contributed by atoms with Gasteiger partial charge in [0.25, 0.3) is 0 Å². The van der Waals surface area contributed by atoms with Gasteiger partial charge in [-0.2, -0.15) is 0 Å². The van der Waals surface area contributed by atoms with Crippen molar-refractivity contribution in [2.24, 2.45) is 0 Å². The minimum absolute atomic E-state index is 0.0161. The molecule has 0 spiro atoms. The van der Waals surface area contributed by atoms with Crippen LogP contribution in [0.3, 0.4) is 0 Å². The molecule has 0 atom stereocenters. The third-order valence-corrected chi connectivity index (χ3v) is 3.00. The van der Waals surface area contributed by atoms with Crippen LogP contribution in [0.1, 0.15) is 51.9 Å². The predicted molar refractivity (Wildman–Crippen MR) is 67.5 cm³/mol. The Kier molecular flexibility index (Phi) is 8.74. The maximum Gasteiger partial charge on any atom is 0.135 e. The summed E-state index contributed by atoms with van der Waals surface area (Å²) in [5.74, 6) is 0. The van der Waals surface area contributed by atoms with Gasteiger partial charge in [0.15, 0.2) is 0 Å². The van der Waals surface area contributed by atoms with E-state index in [0.29, 0.717) is 0 Å². The average Bonchev–Trinajstić information content (AvgIpc) is 1.94. The Bertz CT molecular complexity index is 96.4. The second-order valence-corrected chi connectivity index (χ2v) is 10.4. The lowest BCUT2D eigenvalue weighted by Crippen LogP contribution is -1.97. The fourth-order valence-electron chi connectivity index (χ4n) is 1.11. The number of rotatable bonds is 6. The van der Waals surface area contributed by atoms with Crippen molar-refractivity contribution in [2.45, 2.75) is 54.0 Å². The summed E-state index contributed by atoms with van der Waals surface area (Å²) in [7, 11) is 0. The quantitative estimate of drug-likeness (QED) is 0.426. The van der Waals surface area contributed by atoms with Crippen LogP contribution in [-0.2, 0) is 0 Å². The Balaban J connectivity index is 3.01. The van der Waals surface area contributed by atoms with Crippen LogP contribution in [0, 0.1) is 0 Å². The summed E-state index contributed by atoms with van der Waals surface area (Å²) in [5, 5.41) is 0. The van der Waals surface area contributed by atoms with Crippen molar-refractivity contribution in [3.63, 3.8) is 0 Å². The average molecular weight is 365 g/mol. The highest BCUT2D eigenvalue weighted by atomic mass is 80.0. The van der Waals surface area contributed by atoms with E-state index in [-0.39, 0.29) is 2.14 Å². The number of hydrogen-bond donors (Lipinski definition) is 0. The predicted octanol–water partition coefficient (Wildman–Crippen LogP) is 5.58. The van der Waals surface area contributed by atoms with Gasteiger partial charge < -0.3 is 0 Å².